The van der Waals surface area contributed by atoms with Crippen molar-refractivity contribution in [3.8, 4) is 0 Å². The molecule has 18 heavy (non-hydrogen) atoms. The van der Waals surface area contributed by atoms with E-state index in [0.29, 0.717) is 6.04 Å². The Balaban J connectivity index is 2.21. The van der Waals surface area contributed by atoms with Crippen LogP contribution in [0.3, 0.4) is 0 Å². The third-order valence-electron chi connectivity index (χ3n) is 3.57. The van der Waals surface area contributed by atoms with Crippen molar-refractivity contribution in [2.45, 2.75) is 51.1 Å². The first-order valence-electron chi connectivity index (χ1n) is 6.66. The van der Waals surface area contributed by atoms with Gasteiger partial charge in [0.15, 0.2) is 0 Å². The van der Waals surface area contributed by atoms with E-state index in [-0.39, 0.29) is 0 Å². The second-order valence-electron chi connectivity index (χ2n) is 5.30. The Morgan fingerprint density at radius 3 is 2.44 bits per heavy atom. The minimum Gasteiger partial charge on any atom is -0.480 e. The highest BCUT2D eigenvalue weighted by Gasteiger charge is 2.39. The number of carboxylic acid groups (broad SMARTS) is 1. The standard InChI is InChI=1S/C15H21NO2/c1-3-4-11-5-7-12(8-6-11)15(2,14(17)18)16-13-9-10-13/h5-8,13,16H,3-4,9-10H2,1-2H3,(H,17,18). The molecule has 98 valence electrons. The van der Waals surface area contributed by atoms with E-state index >= 15 is 0 Å². The average Bonchev–Trinajstić information content (AvgIpc) is 3.14. The molecular formula is C15H21NO2. The van der Waals surface area contributed by atoms with Gasteiger partial charge in [-0.1, -0.05) is 37.6 Å². The first-order chi connectivity index (χ1) is 8.56. The van der Waals surface area contributed by atoms with Crippen LogP contribution >= 0.6 is 0 Å². The summed E-state index contributed by atoms with van der Waals surface area (Å²) < 4.78 is 0. The minimum absolute atomic E-state index is 0.362. The molecule has 1 aromatic rings. The maximum absolute atomic E-state index is 11.5. The van der Waals surface area contributed by atoms with E-state index in [0.717, 1.165) is 31.2 Å². The van der Waals surface area contributed by atoms with Gasteiger partial charge in [0.1, 0.15) is 5.54 Å². The van der Waals surface area contributed by atoms with Gasteiger partial charge < -0.3 is 5.11 Å². The fraction of sp³-hybridized carbons (Fsp3) is 0.533. The lowest BCUT2D eigenvalue weighted by atomic mass is 9.90. The second kappa shape index (κ2) is 5.11. The highest BCUT2D eigenvalue weighted by Crippen LogP contribution is 2.29. The Hall–Kier alpha value is -1.35. The van der Waals surface area contributed by atoms with Crippen LogP contribution in [0.5, 0.6) is 0 Å². The van der Waals surface area contributed by atoms with Gasteiger partial charge in [-0.25, -0.2) is 4.79 Å². The summed E-state index contributed by atoms with van der Waals surface area (Å²) in [6.45, 7) is 3.90. The molecule has 0 heterocycles. The lowest BCUT2D eigenvalue weighted by Crippen LogP contribution is -2.47. The van der Waals surface area contributed by atoms with Crippen molar-refractivity contribution in [3.63, 3.8) is 0 Å². The summed E-state index contributed by atoms with van der Waals surface area (Å²) in [4.78, 5) is 11.5. The molecule has 0 saturated heterocycles. The molecule has 1 aromatic carbocycles. The third kappa shape index (κ3) is 2.72. The number of rotatable bonds is 6. The number of aliphatic carboxylic acids is 1. The largest absolute Gasteiger partial charge is 0.480 e. The van der Waals surface area contributed by atoms with Crippen molar-refractivity contribution in [3.05, 3.63) is 35.4 Å². The van der Waals surface area contributed by atoms with Crippen molar-refractivity contribution in [1.82, 2.24) is 5.32 Å². The number of carboxylic acids is 1. The maximum Gasteiger partial charge on any atom is 0.328 e. The Bertz CT molecular complexity index is 423. The van der Waals surface area contributed by atoms with E-state index in [2.05, 4.69) is 12.2 Å². The summed E-state index contributed by atoms with van der Waals surface area (Å²) in [6.07, 6.45) is 4.31. The van der Waals surface area contributed by atoms with Gasteiger partial charge in [-0.2, -0.15) is 0 Å². The van der Waals surface area contributed by atoms with Crippen LogP contribution in [0.1, 0.15) is 44.2 Å². The van der Waals surface area contributed by atoms with Gasteiger partial charge >= 0.3 is 5.97 Å². The number of nitrogens with one attached hydrogen (secondary N) is 1. The van der Waals surface area contributed by atoms with Gasteiger partial charge in [0.05, 0.1) is 0 Å². The van der Waals surface area contributed by atoms with E-state index in [1.54, 1.807) is 6.92 Å². The summed E-state index contributed by atoms with van der Waals surface area (Å²) in [7, 11) is 0. The SMILES string of the molecule is CCCc1ccc(C(C)(NC2CC2)C(=O)O)cc1. The number of carbonyl (C=O) groups is 1. The van der Waals surface area contributed by atoms with Crippen LogP contribution in [0.15, 0.2) is 24.3 Å². The van der Waals surface area contributed by atoms with Crippen LogP contribution in [-0.2, 0) is 16.8 Å². The molecule has 0 radical (unpaired) electrons. The Labute approximate surface area is 108 Å². The van der Waals surface area contributed by atoms with E-state index in [9.17, 15) is 9.90 Å². The van der Waals surface area contributed by atoms with Gasteiger partial charge in [0, 0.05) is 6.04 Å². The average molecular weight is 247 g/mol. The monoisotopic (exact) mass is 247 g/mol. The molecule has 1 saturated carbocycles. The molecule has 0 amide bonds. The zero-order valence-electron chi connectivity index (χ0n) is 11.1. The van der Waals surface area contributed by atoms with Crippen LogP contribution in [0.4, 0.5) is 0 Å². The summed E-state index contributed by atoms with van der Waals surface area (Å²) >= 11 is 0. The lowest BCUT2D eigenvalue weighted by Gasteiger charge is -2.27. The molecule has 3 nitrogen and oxygen atoms in total. The molecule has 3 heteroatoms. The summed E-state index contributed by atoms with van der Waals surface area (Å²) in [5.41, 5.74) is 1.13. The number of benzene rings is 1. The topological polar surface area (TPSA) is 49.3 Å². The number of hydrogen-bond acceptors (Lipinski definition) is 2. The molecule has 0 bridgehead atoms. The molecule has 0 aliphatic heterocycles. The Kier molecular flexibility index (Phi) is 3.71. The smallest absolute Gasteiger partial charge is 0.328 e. The van der Waals surface area contributed by atoms with Crippen molar-refractivity contribution in [2.75, 3.05) is 0 Å². The fourth-order valence-corrected chi connectivity index (χ4v) is 2.20. The molecule has 1 aliphatic rings. The van der Waals surface area contributed by atoms with Crippen molar-refractivity contribution in [1.29, 1.82) is 0 Å². The van der Waals surface area contributed by atoms with Crippen LogP contribution in [0.2, 0.25) is 0 Å². The van der Waals surface area contributed by atoms with Crippen LogP contribution in [0, 0.1) is 0 Å². The third-order valence-corrected chi connectivity index (χ3v) is 3.57. The van der Waals surface area contributed by atoms with Gasteiger partial charge in [0.25, 0.3) is 0 Å². The zero-order chi connectivity index (χ0) is 13.2. The molecule has 2 rings (SSSR count). The molecule has 1 unspecified atom stereocenters. The van der Waals surface area contributed by atoms with Crippen LogP contribution in [-0.4, -0.2) is 17.1 Å². The van der Waals surface area contributed by atoms with Crippen LogP contribution in [0.25, 0.3) is 0 Å². The summed E-state index contributed by atoms with van der Waals surface area (Å²) in [5, 5.41) is 12.7. The first-order valence-corrected chi connectivity index (χ1v) is 6.66. The normalized spacial score (nSPS) is 18.3. The highest BCUT2D eigenvalue weighted by molar-refractivity contribution is 5.80. The summed E-state index contributed by atoms with van der Waals surface area (Å²) in [5.74, 6) is -0.808. The molecule has 1 atom stereocenters. The first kappa shape index (κ1) is 13.1. The zero-order valence-corrected chi connectivity index (χ0v) is 11.1. The Morgan fingerprint density at radius 1 is 1.39 bits per heavy atom. The van der Waals surface area contributed by atoms with E-state index in [1.807, 2.05) is 24.3 Å². The fourth-order valence-electron chi connectivity index (χ4n) is 2.20. The minimum atomic E-state index is -0.966. The summed E-state index contributed by atoms with van der Waals surface area (Å²) in [6, 6.07) is 8.31. The van der Waals surface area contributed by atoms with Crippen molar-refractivity contribution < 1.29 is 9.90 Å². The van der Waals surface area contributed by atoms with Gasteiger partial charge in [0.2, 0.25) is 0 Å². The molecule has 1 aliphatic carbocycles. The number of hydrogen-bond donors (Lipinski definition) is 2. The van der Waals surface area contributed by atoms with E-state index in [4.69, 9.17) is 0 Å². The molecule has 0 aromatic heterocycles. The molecule has 2 N–H and O–H groups in total. The van der Waals surface area contributed by atoms with Crippen LogP contribution < -0.4 is 5.32 Å². The highest BCUT2D eigenvalue weighted by atomic mass is 16.4. The van der Waals surface area contributed by atoms with Gasteiger partial charge in [-0.3, -0.25) is 5.32 Å². The van der Waals surface area contributed by atoms with E-state index in [1.165, 1.54) is 5.56 Å². The van der Waals surface area contributed by atoms with Crippen molar-refractivity contribution in [2.24, 2.45) is 0 Å². The quantitative estimate of drug-likeness (QED) is 0.812. The van der Waals surface area contributed by atoms with Gasteiger partial charge in [-0.15, -0.1) is 0 Å². The molecule has 0 spiro atoms. The van der Waals surface area contributed by atoms with Crippen molar-refractivity contribution >= 4 is 5.97 Å². The Morgan fingerprint density at radius 2 is 2.00 bits per heavy atom. The molecular weight excluding hydrogens is 226 g/mol. The molecule has 1 fully saturated rings. The second-order valence-corrected chi connectivity index (χ2v) is 5.30. The van der Waals surface area contributed by atoms with Gasteiger partial charge in [-0.05, 0) is 37.3 Å². The maximum atomic E-state index is 11.5. The van der Waals surface area contributed by atoms with E-state index < -0.39 is 11.5 Å². The number of aryl methyl sites for hydroxylation is 1. The lowest BCUT2D eigenvalue weighted by molar-refractivity contribution is -0.144. The predicted octanol–water partition coefficient (Wildman–Crippen LogP) is 2.69. The predicted molar refractivity (Wildman–Crippen MR) is 71.6 cm³/mol.